The molecule has 2 N–H and O–H groups in total. The SMILES string of the molecule is Cc1ccccc1/C=C/c1cc(/C=C/c2ccc3cc[nH]c3c2)[nH]n1. The van der Waals surface area contributed by atoms with Gasteiger partial charge in [-0.3, -0.25) is 5.10 Å². The molecule has 0 fully saturated rings. The first kappa shape index (κ1) is 15.2. The van der Waals surface area contributed by atoms with Gasteiger partial charge in [0.15, 0.2) is 0 Å². The molecule has 25 heavy (non-hydrogen) atoms. The predicted octanol–water partition coefficient (Wildman–Crippen LogP) is 5.54. The predicted molar refractivity (Wildman–Crippen MR) is 106 cm³/mol. The maximum absolute atomic E-state index is 4.35. The average molecular weight is 325 g/mol. The normalized spacial score (nSPS) is 11.9. The summed E-state index contributed by atoms with van der Waals surface area (Å²) in [6.45, 7) is 2.11. The summed E-state index contributed by atoms with van der Waals surface area (Å²) >= 11 is 0. The Kier molecular flexibility index (Phi) is 4.05. The number of rotatable bonds is 4. The van der Waals surface area contributed by atoms with E-state index in [1.807, 2.05) is 30.5 Å². The van der Waals surface area contributed by atoms with Crippen LogP contribution in [-0.4, -0.2) is 15.2 Å². The van der Waals surface area contributed by atoms with Crippen molar-refractivity contribution in [1.29, 1.82) is 0 Å². The van der Waals surface area contributed by atoms with Crippen LogP contribution in [0.15, 0.2) is 60.8 Å². The van der Waals surface area contributed by atoms with Crippen LogP contribution in [0.4, 0.5) is 0 Å². The quantitative estimate of drug-likeness (QED) is 0.508. The Labute approximate surface area is 146 Å². The number of benzene rings is 2. The van der Waals surface area contributed by atoms with E-state index < -0.39 is 0 Å². The minimum Gasteiger partial charge on any atom is -0.361 e. The minimum absolute atomic E-state index is 0.919. The zero-order chi connectivity index (χ0) is 17.1. The van der Waals surface area contributed by atoms with E-state index in [0.717, 1.165) is 22.5 Å². The van der Waals surface area contributed by atoms with Gasteiger partial charge in [0, 0.05) is 11.7 Å². The molecule has 0 spiro atoms. The number of hydrogen-bond acceptors (Lipinski definition) is 1. The minimum atomic E-state index is 0.919. The van der Waals surface area contributed by atoms with E-state index in [0.29, 0.717) is 0 Å². The molecule has 0 bridgehead atoms. The van der Waals surface area contributed by atoms with Gasteiger partial charge < -0.3 is 4.98 Å². The van der Waals surface area contributed by atoms with Crippen LogP contribution in [0.3, 0.4) is 0 Å². The van der Waals surface area contributed by atoms with Gasteiger partial charge in [0.2, 0.25) is 0 Å². The van der Waals surface area contributed by atoms with Gasteiger partial charge in [-0.1, -0.05) is 48.6 Å². The average Bonchev–Trinajstić information content (AvgIpc) is 3.28. The van der Waals surface area contributed by atoms with Crippen LogP contribution in [0.1, 0.15) is 28.1 Å². The number of nitrogens with one attached hydrogen (secondary N) is 2. The lowest BCUT2D eigenvalue weighted by Gasteiger charge is -1.97. The van der Waals surface area contributed by atoms with E-state index in [-0.39, 0.29) is 0 Å². The molecule has 0 saturated heterocycles. The van der Waals surface area contributed by atoms with Crippen LogP contribution in [0.25, 0.3) is 35.2 Å². The fourth-order valence-electron chi connectivity index (χ4n) is 2.83. The lowest BCUT2D eigenvalue weighted by atomic mass is 10.1. The summed E-state index contributed by atoms with van der Waals surface area (Å²) in [5, 5.41) is 8.63. The first-order valence-corrected chi connectivity index (χ1v) is 8.32. The number of aromatic amines is 2. The third-order valence-corrected chi connectivity index (χ3v) is 4.27. The number of aryl methyl sites for hydroxylation is 1. The number of nitrogens with zero attached hydrogens (tertiary/aromatic N) is 1. The van der Waals surface area contributed by atoms with Gasteiger partial charge in [0.05, 0.1) is 11.4 Å². The maximum atomic E-state index is 4.35. The molecule has 0 unspecified atom stereocenters. The van der Waals surface area contributed by atoms with Crippen LogP contribution in [0.2, 0.25) is 0 Å². The first-order chi connectivity index (χ1) is 12.3. The van der Waals surface area contributed by atoms with Crippen LogP contribution in [-0.2, 0) is 0 Å². The topological polar surface area (TPSA) is 44.5 Å². The molecule has 3 nitrogen and oxygen atoms in total. The van der Waals surface area contributed by atoms with Crippen molar-refractivity contribution in [3.05, 3.63) is 88.9 Å². The number of fused-ring (bicyclic) bond motifs is 1. The third kappa shape index (κ3) is 3.45. The lowest BCUT2D eigenvalue weighted by Crippen LogP contribution is -1.78. The molecule has 0 saturated carbocycles. The number of H-pyrrole nitrogens is 2. The summed E-state index contributed by atoms with van der Waals surface area (Å²) in [6.07, 6.45) is 10.2. The molecule has 2 heterocycles. The van der Waals surface area contributed by atoms with Gasteiger partial charge in [-0.25, -0.2) is 0 Å². The second kappa shape index (κ2) is 6.65. The fraction of sp³-hybridized carbons (Fsp3) is 0.0455. The standard InChI is InChI=1S/C22H19N3/c1-16-4-2-3-5-18(16)9-11-21-15-20(24-25-21)10-7-17-6-8-19-12-13-23-22(19)14-17/h2-15,23H,1H3,(H,24,25)/b10-7+,11-9+. The summed E-state index contributed by atoms with van der Waals surface area (Å²) in [5.41, 5.74) is 6.67. The number of hydrogen-bond donors (Lipinski definition) is 2. The maximum Gasteiger partial charge on any atom is 0.0854 e. The monoisotopic (exact) mass is 325 g/mol. The van der Waals surface area contributed by atoms with Crippen molar-refractivity contribution in [2.75, 3.05) is 0 Å². The lowest BCUT2D eigenvalue weighted by molar-refractivity contribution is 1.07. The molecule has 0 aliphatic rings. The largest absolute Gasteiger partial charge is 0.361 e. The number of aromatic nitrogens is 3. The summed E-state index contributed by atoms with van der Waals surface area (Å²) in [5.74, 6) is 0. The Hall–Kier alpha value is -3.33. The summed E-state index contributed by atoms with van der Waals surface area (Å²) in [4.78, 5) is 3.24. The van der Waals surface area contributed by atoms with Gasteiger partial charge in [-0.2, -0.15) is 5.10 Å². The molecule has 0 radical (unpaired) electrons. The zero-order valence-electron chi connectivity index (χ0n) is 14.0. The smallest absolute Gasteiger partial charge is 0.0854 e. The highest BCUT2D eigenvalue weighted by Gasteiger charge is 1.97. The van der Waals surface area contributed by atoms with Crippen molar-refractivity contribution in [3.8, 4) is 0 Å². The van der Waals surface area contributed by atoms with Gasteiger partial charge in [-0.05, 0) is 59.4 Å². The second-order valence-electron chi connectivity index (χ2n) is 6.10. The van der Waals surface area contributed by atoms with Crippen molar-refractivity contribution in [3.63, 3.8) is 0 Å². The third-order valence-electron chi connectivity index (χ3n) is 4.27. The Bertz CT molecular complexity index is 1060. The molecule has 4 aromatic rings. The molecule has 0 amide bonds. The van der Waals surface area contributed by atoms with Crippen molar-refractivity contribution in [2.24, 2.45) is 0 Å². The van der Waals surface area contributed by atoms with Crippen LogP contribution in [0.5, 0.6) is 0 Å². The fourth-order valence-corrected chi connectivity index (χ4v) is 2.83. The van der Waals surface area contributed by atoms with E-state index in [1.165, 1.54) is 16.5 Å². The summed E-state index contributed by atoms with van der Waals surface area (Å²) in [7, 11) is 0. The van der Waals surface area contributed by atoms with Crippen LogP contribution >= 0.6 is 0 Å². The van der Waals surface area contributed by atoms with Gasteiger partial charge >= 0.3 is 0 Å². The molecule has 122 valence electrons. The molecule has 2 aromatic carbocycles. The van der Waals surface area contributed by atoms with Crippen LogP contribution in [0, 0.1) is 6.92 Å². The van der Waals surface area contributed by atoms with E-state index >= 15 is 0 Å². The van der Waals surface area contributed by atoms with Crippen molar-refractivity contribution in [1.82, 2.24) is 15.2 Å². The second-order valence-corrected chi connectivity index (χ2v) is 6.10. The Morgan fingerprint density at radius 2 is 1.80 bits per heavy atom. The van der Waals surface area contributed by atoms with Crippen LogP contribution < -0.4 is 0 Å². The summed E-state index contributed by atoms with van der Waals surface area (Å²) < 4.78 is 0. The van der Waals surface area contributed by atoms with E-state index in [2.05, 4.69) is 76.7 Å². The molecule has 4 rings (SSSR count). The zero-order valence-corrected chi connectivity index (χ0v) is 14.0. The van der Waals surface area contributed by atoms with E-state index in [9.17, 15) is 0 Å². The molecular weight excluding hydrogens is 306 g/mol. The highest BCUT2D eigenvalue weighted by molar-refractivity contribution is 5.83. The van der Waals surface area contributed by atoms with Crippen molar-refractivity contribution in [2.45, 2.75) is 6.92 Å². The first-order valence-electron chi connectivity index (χ1n) is 8.32. The Balaban J connectivity index is 1.50. The molecule has 0 atom stereocenters. The molecule has 3 heteroatoms. The van der Waals surface area contributed by atoms with E-state index in [4.69, 9.17) is 0 Å². The van der Waals surface area contributed by atoms with Crippen molar-refractivity contribution < 1.29 is 0 Å². The highest BCUT2D eigenvalue weighted by Crippen LogP contribution is 2.16. The molecule has 0 aliphatic heterocycles. The Morgan fingerprint density at radius 1 is 0.880 bits per heavy atom. The highest BCUT2D eigenvalue weighted by atomic mass is 15.1. The van der Waals surface area contributed by atoms with Gasteiger partial charge in [-0.15, -0.1) is 0 Å². The molecular formula is C22H19N3. The molecule has 0 aliphatic carbocycles. The van der Waals surface area contributed by atoms with E-state index in [1.54, 1.807) is 0 Å². The van der Waals surface area contributed by atoms with Gasteiger partial charge in [0.25, 0.3) is 0 Å². The Morgan fingerprint density at radius 3 is 2.72 bits per heavy atom. The molecule has 2 aromatic heterocycles. The summed E-state index contributed by atoms with van der Waals surface area (Å²) in [6, 6.07) is 18.8. The van der Waals surface area contributed by atoms with Gasteiger partial charge in [0.1, 0.15) is 0 Å². The van der Waals surface area contributed by atoms with Crippen molar-refractivity contribution >= 4 is 35.2 Å².